The molecule has 1 amide bonds. The van der Waals surface area contributed by atoms with Crippen molar-refractivity contribution in [1.82, 2.24) is 5.32 Å². The molecule has 2 aromatic rings. The van der Waals surface area contributed by atoms with Gasteiger partial charge < -0.3 is 5.32 Å². The average molecular weight is 271 g/mol. The van der Waals surface area contributed by atoms with Crippen molar-refractivity contribution in [3.05, 3.63) is 57.8 Å². The van der Waals surface area contributed by atoms with Crippen molar-refractivity contribution in [1.29, 1.82) is 0 Å². The number of fused-ring (bicyclic) bond motifs is 1. The molecule has 19 heavy (non-hydrogen) atoms. The molecule has 1 heterocycles. The summed E-state index contributed by atoms with van der Waals surface area (Å²) in [7, 11) is 0. The van der Waals surface area contributed by atoms with Gasteiger partial charge in [-0.15, -0.1) is 11.3 Å². The molecule has 1 aliphatic carbocycles. The van der Waals surface area contributed by atoms with Gasteiger partial charge in [-0.3, -0.25) is 4.79 Å². The molecule has 1 N–H and O–H groups in total. The Labute approximate surface area is 117 Å². The summed E-state index contributed by atoms with van der Waals surface area (Å²) < 4.78 is 0. The van der Waals surface area contributed by atoms with Crippen molar-refractivity contribution in [2.75, 3.05) is 0 Å². The number of nitrogens with one attached hydrogen (secondary N) is 1. The van der Waals surface area contributed by atoms with E-state index in [4.69, 9.17) is 0 Å². The highest BCUT2D eigenvalue weighted by Crippen LogP contribution is 2.29. The minimum atomic E-state index is 0.129. The molecule has 0 saturated carbocycles. The molecule has 0 fully saturated rings. The molecule has 1 aromatic heterocycles. The van der Waals surface area contributed by atoms with Crippen LogP contribution in [0.1, 0.15) is 34.9 Å². The van der Waals surface area contributed by atoms with Gasteiger partial charge in [-0.1, -0.05) is 30.3 Å². The maximum absolute atomic E-state index is 12.1. The normalized spacial score (nSPS) is 17.8. The van der Waals surface area contributed by atoms with Gasteiger partial charge in [0, 0.05) is 4.88 Å². The summed E-state index contributed by atoms with van der Waals surface area (Å²) in [4.78, 5) is 13.2. The fourth-order valence-electron chi connectivity index (χ4n) is 2.72. The van der Waals surface area contributed by atoms with Crippen LogP contribution in [0.5, 0.6) is 0 Å². The highest BCUT2D eigenvalue weighted by Gasteiger charge is 2.21. The van der Waals surface area contributed by atoms with E-state index in [9.17, 15) is 4.79 Å². The van der Waals surface area contributed by atoms with E-state index in [2.05, 4.69) is 29.6 Å². The largest absolute Gasteiger partial charge is 0.349 e. The first kappa shape index (κ1) is 12.4. The van der Waals surface area contributed by atoms with Gasteiger partial charge in [0.15, 0.2) is 0 Å². The quantitative estimate of drug-likeness (QED) is 0.909. The Morgan fingerprint density at radius 3 is 3.00 bits per heavy atom. The lowest BCUT2D eigenvalue weighted by Gasteiger charge is -2.26. The number of hydrogen-bond acceptors (Lipinski definition) is 2. The summed E-state index contributed by atoms with van der Waals surface area (Å²) in [6, 6.07) is 12.6. The molecule has 1 atom stereocenters. The van der Waals surface area contributed by atoms with Crippen LogP contribution in [0, 0.1) is 0 Å². The topological polar surface area (TPSA) is 29.1 Å². The van der Waals surface area contributed by atoms with Crippen molar-refractivity contribution in [3.63, 3.8) is 0 Å². The molecule has 0 radical (unpaired) electrons. The Bertz CT molecular complexity index is 562. The van der Waals surface area contributed by atoms with Crippen LogP contribution in [-0.2, 0) is 17.6 Å². The molecule has 0 unspecified atom stereocenters. The maximum Gasteiger partial charge on any atom is 0.225 e. The Balaban J connectivity index is 1.69. The third kappa shape index (κ3) is 2.87. The molecule has 0 aliphatic heterocycles. The van der Waals surface area contributed by atoms with Gasteiger partial charge in [-0.25, -0.2) is 0 Å². The first-order chi connectivity index (χ1) is 9.33. The van der Waals surface area contributed by atoms with Gasteiger partial charge in [0.2, 0.25) is 5.91 Å². The SMILES string of the molecule is O=C(Cc1cccs1)N[C@H]1CCCc2ccccc21. The number of rotatable bonds is 3. The monoisotopic (exact) mass is 271 g/mol. The van der Waals surface area contributed by atoms with E-state index in [1.165, 1.54) is 11.1 Å². The Kier molecular flexibility index (Phi) is 3.65. The fraction of sp³-hybridized carbons (Fsp3) is 0.312. The summed E-state index contributed by atoms with van der Waals surface area (Å²) in [6.07, 6.45) is 3.83. The summed E-state index contributed by atoms with van der Waals surface area (Å²) >= 11 is 1.64. The van der Waals surface area contributed by atoms with Crippen LogP contribution >= 0.6 is 11.3 Å². The predicted octanol–water partition coefficient (Wildman–Crippen LogP) is 3.48. The van der Waals surface area contributed by atoms with Gasteiger partial charge in [0.1, 0.15) is 0 Å². The lowest BCUT2D eigenvalue weighted by Crippen LogP contribution is -2.31. The standard InChI is InChI=1S/C16H17NOS/c18-16(11-13-7-4-10-19-13)17-15-9-3-6-12-5-1-2-8-14(12)15/h1-2,4-5,7-8,10,15H,3,6,9,11H2,(H,17,18)/t15-/m0/s1. The Hall–Kier alpha value is -1.61. The molecule has 1 aliphatic rings. The molecule has 0 bridgehead atoms. The minimum absolute atomic E-state index is 0.129. The lowest BCUT2D eigenvalue weighted by molar-refractivity contribution is -0.121. The Morgan fingerprint density at radius 1 is 1.26 bits per heavy atom. The summed E-state index contributed by atoms with van der Waals surface area (Å²) in [5, 5.41) is 5.19. The van der Waals surface area contributed by atoms with Crippen LogP contribution < -0.4 is 5.32 Å². The van der Waals surface area contributed by atoms with Gasteiger partial charge in [0.25, 0.3) is 0 Å². The van der Waals surface area contributed by atoms with Crippen LogP contribution in [0.15, 0.2) is 41.8 Å². The summed E-state index contributed by atoms with van der Waals surface area (Å²) in [6.45, 7) is 0. The molecule has 3 heteroatoms. The number of carbonyl (C=O) groups is 1. The number of carbonyl (C=O) groups excluding carboxylic acids is 1. The van der Waals surface area contributed by atoms with E-state index in [1.54, 1.807) is 11.3 Å². The van der Waals surface area contributed by atoms with Gasteiger partial charge >= 0.3 is 0 Å². The second-order valence-electron chi connectivity index (χ2n) is 4.97. The molecule has 3 rings (SSSR count). The van der Waals surface area contributed by atoms with Crippen LogP contribution in [0.25, 0.3) is 0 Å². The first-order valence-electron chi connectivity index (χ1n) is 6.72. The molecule has 0 spiro atoms. The van der Waals surface area contributed by atoms with Crippen LogP contribution in [0.4, 0.5) is 0 Å². The number of thiophene rings is 1. The van der Waals surface area contributed by atoms with Crippen LogP contribution in [0.2, 0.25) is 0 Å². The van der Waals surface area contributed by atoms with E-state index >= 15 is 0 Å². The van der Waals surface area contributed by atoms with E-state index in [-0.39, 0.29) is 11.9 Å². The van der Waals surface area contributed by atoms with Gasteiger partial charge in [0.05, 0.1) is 12.5 Å². The van der Waals surface area contributed by atoms with Crippen molar-refractivity contribution < 1.29 is 4.79 Å². The number of benzene rings is 1. The predicted molar refractivity (Wildman–Crippen MR) is 78.3 cm³/mol. The van der Waals surface area contributed by atoms with Crippen LogP contribution in [0.3, 0.4) is 0 Å². The molecular weight excluding hydrogens is 254 g/mol. The van der Waals surface area contributed by atoms with E-state index < -0.39 is 0 Å². The minimum Gasteiger partial charge on any atom is -0.349 e. The molecule has 2 nitrogen and oxygen atoms in total. The third-order valence-corrected chi connectivity index (χ3v) is 4.50. The van der Waals surface area contributed by atoms with E-state index in [0.29, 0.717) is 6.42 Å². The van der Waals surface area contributed by atoms with E-state index in [0.717, 1.165) is 24.1 Å². The number of hydrogen-bond donors (Lipinski definition) is 1. The smallest absolute Gasteiger partial charge is 0.225 e. The molecule has 0 saturated heterocycles. The van der Waals surface area contributed by atoms with E-state index in [1.807, 2.05) is 17.5 Å². The van der Waals surface area contributed by atoms with Crippen molar-refractivity contribution in [3.8, 4) is 0 Å². The average Bonchev–Trinajstić information content (AvgIpc) is 2.92. The first-order valence-corrected chi connectivity index (χ1v) is 7.60. The molecule has 1 aromatic carbocycles. The molecule has 98 valence electrons. The lowest BCUT2D eigenvalue weighted by atomic mass is 9.87. The zero-order valence-corrected chi connectivity index (χ0v) is 11.6. The van der Waals surface area contributed by atoms with Gasteiger partial charge in [-0.2, -0.15) is 0 Å². The molecular formula is C16H17NOS. The highest BCUT2D eigenvalue weighted by atomic mass is 32.1. The maximum atomic E-state index is 12.1. The number of amides is 1. The Morgan fingerprint density at radius 2 is 2.16 bits per heavy atom. The van der Waals surface area contributed by atoms with Crippen LogP contribution in [-0.4, -0.2) is 5.91 Å². The van der Waals surface area contributed by atoms with Crippen molar-refractivity contribution in [2.24, 2.45) is 0 Å². The van der Waals surface area contributed by atoms with Crippen molar-refractivity contribution in [2.45, 2.75) is 31.7 Å². The van der Waals surface area contributed by atoms with Crippen molar-refractivity contribution >= 4 is 17.2 Å². The number of aryl methyl sites for hydroxylation is 1. The second-order valence-corrected chi connectivity index (χ2v) is 6.00. The zero-order chi connectivity index (χ0) is 13.1. The summed E-state index contributed by atoms with van der Waals surface area (Å²) in [5.74, 6) is 0.129. The third-order valence-electron chi connectivity index (χ3n) is 3.62. The summed E-state index contributed by atoms with van der Waals surface area (Å²) in [5.41, 5.74) is 2.68. The zero-order valence-electron chi connectivity index (χ0n) is 10.8. The second kappa shape index (κ2) is 5.57. The fourth-order valence-corrected chi connectivity index (χ4v) is 3.42. The van der Waals surface area contributed by atoms with Gasteiger partial charge in [-0.05, 0) is 41.8 Å². The highest BCUT2D eigenvalue weighted by molar-refractivity contribution is 7.10.